The molecule has 6 nitrogen and oxygen atoms in total. The maximum atomic E-state index is 13.4. The van der Waals surface area contributed by atoms with Crippen LogP contribution in [0.1, 0.15) is 33.6 Å². The van der Waals surface area contributed by atoms with Crippen molar-refractivity contribution in [2.24, 2.45) is 10.4 Å². The highest BCUT2D eigenvalue weighted by Gasteiger charge is 2.40. The summed E-state index contributed by atoms with van der Waals surface area (Å²) in [6.07, 6.45) is 7.71. The van der Waals surface area contributed by atoms with Crippen molar-refractivity contribution in [1.29, 1.82) is 0 Å². The molecule has 2 N–H and O–H groups in total. The van der Waals surface area contributed by atoms with Crippen LogP contribution in [0.15, 0.2) is 58.3 Å². The average molecular weight is 489 g/mol. The molecule has 2 aliphatic heterocycles. The Morgan fingerprint density at radius 3 is 2.53 bits per heavy atom. The average Bonchev–Trinajstić information content (AvgIpc) is 2.78. The van der Waals surface area contributed by atoms with E-state index >= 15 is 0 Å². The number of carbonyl (C=O) groups is 1. The number of rotatable bonds is 7. The van der Waals surface area contributed by atoms with E-state index in [1.807, 2.05) is 32.9 Å². The highest BCUT2D eigenvalue weighted by atomic mass is 35.5. The monoisotopic (exact) mass is 488 g/mol. The summed E-state index contributed by atoms with van der Waals surface area (Å²) in [6.45, 7) is 10.4. The van der Waals surface area contributed by atoms with Gasteiger partial charge in [0.15, 0.2) is 0 Å². The van der Waals surface area contributed by atoms with E-state index in [0.29, 0.717) is 22.6 Å². The molecular formula is C26H34ClFN4O2. The van der Waals surface area contributed by atoms with E-state index in [0.717, 1.165) is 44.0 Å². The molecule has 2 aliphatic rings. The third-order valence-electron chi connectivity index (χ3n) is 6.30. The van der Waals surface area contributed by atoms with Gasteiger partial charge in [0.05, 0.1) is 18.2 Å². The predicted octanol–water partition coefficient (Wildman–Crippen LogP) is 4.94. The lowest BCUT2D eigenvalue weighted by Crippen LogP contribution is -2.50. The second kappa shape index (κ2) is 11.8. The minimum atomic E-state index is -0.478. The summed E-state index contributed by atoms with van der Waals surface area (Å²) >= 11 is 5.88. The van der Waals surface area contributed by atoms with Crippen molar-refractivity contribution in [3.05, 3.63) is 64.1 Å². The summed E-state index contributed by atoms with van der Waals surface area (Å²) in [5, 5.41) is 6.15. The number of amidine groups is 1. The molecule has 0 radical (unpaired) electrons. The molecular weight excluding hydrogens is 455 g/mol. The first-order valence-electron chi connectivity index (χ1n) is 11.5. The van der Waals surface area contributed by atoms with Gasteiger partial charge in [-0.3, -0.25) is 14.7 Å². The third kappa shape index (κ3) is 7.01. The summed E-state index contributed by atoms with van der Waals surface area (Å²) in [5.74, 6) is -0.0606. The van der Waals surface area contributed by atoms with Crippen LogP contribution in [0.25, 0.3) is 0 Å². The fourth-order valence-corrected chi connectivity index (χ4v) is 4.18. The summed E-state index contributed by atoms with van der Waals surface area (Å²) < 4.78 is 18.8. The molecule has 184 valence electrons. The second-order valence-electron chi connectivity index (χ2n) is 9.25. The molecule has 1 aromatic carbocycles. The molecule has 8 heteroatoms. The number of likely N-dealkylation sites (tertiary alicyclic amines) is 1. The number of piperidine rings is 1. The first-order valence-corrected chi connectivity index (χ1v) is 11.9. The van der Waals surface area contributed by atoms with Crippen LogP contribution in [0.2, 0.25) is 5.02 Å². The van der Waals surface area contributed by atoms with Gasteiger partial charge in [0.1, 0.15) is 11.7 Å². The molecule has 1 amide bonds. The topological polar surface area (TPSA) is 66.0 Å². The van der Waals surface area contributed by atoms with E-state index in [2.05, 4.69) is 20.5 Å². The minimum Gasteiger partial charge on any atom is -0.380 e. The van der Waals surface area contributed by atoms with Gasteiger partial charge < -0.3 is 15.4 Å². The smallest absolute Gasteiger partial charge is 0.248 e. The number of aliphatic imine (C=N–C) groups is 1. The molecule has 0 aliphatic carbocycles. The van der Waals surface area contributed by atoms with Crippen LogP contribution in [0.3, 0.4) is 0 Å². The Bertz CT molecular complexity index is 1010. The fraction of sp³-hybridized carbons (Fsp3) is 0.462. The van der Waals surface area contributed by atoms with Gasteiger partial charge in [0, 0.05) is 36.5 Å². The zero-order valence-electron chi connectivity index (χ0n) is 20.4. The van der Waals surface area contributed by atoms with Crippen molar-refractivity contribution >= 4 is 29.0 Å². The zero-order chi connectivity index (χ0) is 24.7. The van der Waals surface area contributed by atoms with Gasteiger partial charge in [-0.1, -0.05) is 23.3 Å². The number of anilines is 1. The van der Waals surface area contributed by atoms with Crippen LogP contribution < -0.4 is 10.6 Å². The Balaban J connectivity index is 1.55. The molecule has 0 unspecified atom stereocenters. The number of halogens is 2. The summed E-state index contributed by atoms with van der Waals surface area (Å²) in [6, 6.07) is 4.40. The quantitative estimate of drug-likeness (QED) is 0.247. The van der Waals surface area contributed by atoms with E-state index in [9.17, 15) is 9.18 Å². The van der Waals surface area contributed by atoms with Gasteiger partial charge in [0.25, 0.3) is 0 Å². The maximum absolute atomic E-state index is 13.4. The van der Waals surface area contributed by atoms with E-state index in [-0.39, 0.29) is 10.9 Å². The van der Waals surface area contributed by atoms with Crippen LogP contribution in [0, 0.1) is 11.2 Å². The molecule has 1 aromatic rings. The number of ether oxygens (including phenoxy) is 1. The van der Waals surface area contributed by atoms with Crippen LogP contribution >= 0.6 is 11.6 Å². The molecule has 2 saturated heterocycles. The molecule has 34 heavy (non-hydrogen) atoms. The number of carbonyl (C=O) groups excluding carboxylic acids is 1. The SMILES string of the molecule is CN=C(Nc1ccc(F)c(Cl)c1)C(C)=CC(NC(=O)C=CCN1CCC2(CC1)COC2)=C(C)C. The summed E-state index contributed by atoms with van der Waals surface area (Å²) in [5.41, 5.74) is 3.52. The van der Waals surface area contributed by atoms with Crippen molar-refractivity contribution in [2.45, 2.75) is 33.6 Å². The van der Waals surface area contributed by atoms with E-state index in [4.69, 9.17) is 16.3 Å². The number of allylic oxidation sites excluding steroid dienone is 2. The lowest BCUT2D eigenvalue weighted by atomic mass is 9.77. The Kier molecular flexibility index (Phi) is 9.05. The van der Waals surface area contributed by atoms with Crippen LogP contribution in [0.5, 0.6) is 0 Å². The summed E-state index contributed by atoms with van der Waals surface area (Å²) in [4.78, 5) is 19.2. The lowest BCUT2D eigenvalue weighted by Gasteiger charge is -2.47. The second-order valence-corrected chi connectivity index (χ2v) is 9.66. The molecule has 1 spiro atoms. The highest BCUT2D eigenvalue weighted by Crippen LogP contribution is 2.38. The first-order chi connectivity index (χ1) is 16.2. The largest absolute Gasteiger partial charge is 0.380 e. The van der Waals surface area contributed by atoms with Gasteiger partial charge in [-0.2, -0.15) is 0 Å². The maximum Gasteiger partial charge on any atom is 0.248 e. The molecule has 0 aromatic heterocycles. The normalized spacial score (nSPS) is 18.6. The van der Waals surface area contributed by atoms with E-state index in [1.54, 1.807) is 19.2 Å². The van der Waals surface area contributed by atoms with Crippen molar-refractivity contribution < 1.29 is 13.9 Å². The van der Waals surface area contributed by atoms with Crippen molar-refractivity contribution in [1.82, 2.24) is 10.2 Å². The number of amides is 1. The van der Waals surface area contributed by atoms with Gasteiger partial charge in [0.2, 0.25) is 5.91 Å². The van der Waals surface area contributed by atoms with Crippen LogP contribution in [0.4, 0.5) is 10.1 Å². The van der Waals surface area contributed by atoms with Crippen LogP contribution in [-0.2, 0) is 9.53 Å². The van der Waals surface area contributed by atoms with Crippen molar-refractivity contribution in [3.8, 4) is 0 Å². The fourth-order valence-electron chi connectivity index (χ4n) is 4.00. The van der Waals surface area contributed by atoms with Gasteiger partial charge in [-0.25, -0.2) is 4.39 Å². The van der Waals surface area contributed by atoms with Crippen molar-refractivity contribution in [3.63, 3.8) is 0 Å². The first kappa shape index (κ1) is 26.1. The molecule has 2 fully saturated rings. The molecule has 2 heterocycles. The Hall–Kier alpha value is -2.48. The number of hydrogen-bond donors (Lipinski definition) is 2. The van der Waals surface area contributed by atoms with Crippen LogP contribution in [-0.4, -0.2) is 56.5 Å². The standard InChI is InChI=1S/C26H34ClFN4O2/c1-18(2)23(14-19(3)25(29-4)30-20-7-8-22(28)21(27)15-20)31-24(33)6-5-11-32-12-9-26(10-13-32)16-34-17-26/h5-8,14-15H,9-13,16-17H2,1-4H3,(H,29,30)(H,31,33). The van der Waals surface area contributed by atoms with Gasteiger partial charge >= 0.3 is 0 Å². The lowest BCUT2D eigenvalue weighted by molar-refractivity contribution is -0.138. The molecule has 0 bridgehead atoms. The minimum absolute atomic E-state index is 0.0345. The Morgan fingerprint density at radius 1 is 1.26 bits per heavy atom. The zero-order valence-corrected chi connectivity index (χ0v) is 21.1. The molecule has 0 atom stereocenters. The highest BCUT2D eigenvalue weighted by molar-refractivity contribution is 6.31. The van der Waals surface area contributed by atoms with E-state index < -0.39 is 5.82 Å². The van der Waals surface area contributed by atoms with Gasteiger partial charge in [-0.15, -0.1) is 0 Å². The van der Waals surface area contributed by atoms with Gasteiger partial charge in [-0.05, 0) is 76.6 Å². The summed E-state index contributed by atoms with van der Waals surface area (Å²) in [7, 11) is 1.66. The molecule has 0 saturated carbocycles. The van der Waals surface area contributed by atoms with Crippen molar-refractivity contribution in [2.75, 3.05) is 45.2 Å². The third-order valence-corrected chi connectivity index (χ3v) is 6.59. The molecule has 3 rings (SSSR count). The number of benzene rings is 1. The number of hydrogen-bond acceptors (Lipinski definition) is 4. The Morgan fingerprint density at radius 2 is 1.97 bits per heavy atom. The van der Waals surface area contributed by atoms with E-state index in [1.165, 1.54) is 25.0 Å². The number of nitrogens with one attached hydrogen (secondary N) is 2. The Labute approximate surface area is 206 Å². The number of nitrogens with zero attached hydrogens (tertiary/aromatic N) is 2. The predicted molar refractivity (Wildman–Crippen MR) is 137 cm³/mol.